The van der Waals surface area contributed by atoms with E-state index < -0.39 is 0 Å². The first-order chi connectivity index (χ1) is 11.8. The lowest BCUT2D eigenvalue weighted by molar-refractivity contribution is 0.881. The third-order valence-electron chi connectivity index (χ3n) is 2.76. The molecule has 0 bridgehead atoms. The zero-order valence-corrected chi connectivity index (χ0v) is 14.4. The summed E-state index contributed by atoms with van der Waals surface area (Å²) in [5.41, 5.74) is 1.08. The highest BCUT2D eigenvalue weighted by Crippen LogP contribution is 2.31. The van der Waals surface area contributed by atoms with Crippen LogP contribution < -0.4 is 5.32 Å². The molecule has 0 spiro atoms. The van der Waals surface area contributed by atoms with Gasteiger partial charge in [0.1, 0.15) is 11.6 Å². The Bertz CT molecular complexity index is 886. The minimum absolute atomic E-state index is 0.228. The molecule has 0 aliphatic carbocycles. The molecule has 0 aliphatic rings. The minimum Gasteiger partial charge on any atom is -0.359 e. The number of hydrogen-bond donors (Lipinski definition) is 2. The standard InChI is InChI=1S/C14H9BrN8S/c15-10-7-18-14(19-8-10)24-12-4-2-1-3-11(12)17-6-9(5-16)13-20-22-23-21-13/h1-4,6-8,17H,(H,20,21,22,23). The summed E-state index contributed by atoms with van der Waals surface area (Å²) in [7, 11) is 0. The third-order valence-corrected chi connectivity index (χ3v) is 4.14. The van der Waals surface area contributed by atoms with E-state index in [2.05, 4.69) is 51.8 Å². The highest BCUT2D eigenvalue weighted by Gasteiger charge is 2.08. The number of anilines is 1. The smallest absolute Gasteiger partial charge is 0.216 e. The van der Waals surface area contributed by atoms with E-state index in [9.17, 15) is 5.26 Å². The van der Waals surface area contributed by atoms with Gasteiger partial charge in [0.15, 0.2) is 5.16 Å². The summed E-state index contributed by atoms with van der Waals surface area (Å²) in [6, 6.07) is 9.66. The Morgan fingerprint density at radius 1 is 1.29 bits per heavy atom. The Morgan fingerprint density at radius 3 is 2.79 bits per heavy atom. The van der Waals surface area contributed by atoms with Crippen molar-refractivity contribution < 1.29 is 0 Å². The lowest BCUT2D eigenvalue weighted by Gasteiger charge is -2.08. The van der Waals surface area contributed by atoms with E-state index in [1.54, 1.807) is 12.4 Å². The monoisotopic (exact) mass is 400 g/mol. The Labute approximate surface area is 149 Å². The van der Waals surface area contributed by atoms with Crippen LogP contribution in [0.2, 0.25) is 0 Å². The topological polar surface area (TPSA) is 116 Å². The second-order valence-electron chi connectivity index (χ2n) is 4.33. The summed E-state index contributed by atoms with van der Waals surface area (Å²) >= 11 is 4.72. The number of halogens is 1. The molecule has 0 saturated carbocycles. The van der Waals surface area contributed by atoms with E-state index in [-0.39, 0.29) is 11.4 Å². The molecule has 3 rings (SSSR count). The van der Waals surface area contributed by atoms with Gasteiger partial charge in [-0.2, -0.15) is 10.5 Å². The number of nitrogens with one attached hydrogen (secondary N) is 2. The van der Waals surface area contributed by atoms with Crippen LogP contribution in [0.1, 0.15) is 5.82 Å². The molecule has 0 unspecified atom stereocenters. The Hall–Kier alpha value is -2.77. The van der Waals surface area contributed by atoms with Crippen LogP contribution in [0.4, 0.5) is 5.69 Å². The molecule has 0 amide bonds. The number of nitrogens with zero attached hydrogens (tertiary/aromatic N) is 6. The molecule has 0 aliphatic heterocycles. The number of nitriles is 1. The van der Waals surface area contributed by atoms with Gasteiger partial charge in [-0.15, -0.1) is 10.2 Å². The van der Waals surface area contributed by atoms with Gasteiger partial charge in [-0.1, -0.05) is 12.1 Å². The summed E-state index contributed by atoms with van der Waals surface area (Å²) in [5.74, 6) is 0.228. The maximum Gasteiger partial charge on any atom is 0.216 e. The number of rotatable bonds is 5. The summed E-state index contributed by atoms with van der Waals surface area (Å²) in [5, 5.41) is 26.3. The van der Waals surface area contributed by atoms with E-state index >= 15 is 0 Å². The average Bonchev–Trinajstić information content (AvgIpc) is 3.13. The summed E-state index contributed by atoms with van der Waals surface area (Å²) in [4.78, 5) is 9.41. The molecule has 24 heavy (non-hydrogen) atoms. The van der Waals surface area contributed by atoms with Crippen molar-refractivity contribution in [3.8, 4) is 6.07 Å². The lowest BCUT2D eigenvalue weighted by Crippen LogP contribution is -1.95. The SMILES string of the molecule is N#CC(=CNc1ccccc1Sc1ncc(Br)cn1)c1nn[nH]n1. The molecule has 10 heteroatoms. The third kappa shape index (κ3) is 3.95. The van der Waals surface area contributed by atoms with Gasteiger partial charge in [-0.05, 0) is 45.0 Å². The zero-order chi connectivity index (χ0) is 16.8. The number of hydrogen-bond acceptors (Lipinski definition) is 8. The quantitative estimate of drug-likeness (QED) is 0.495. The molecule has 2 aromatic heterocycles. The highest BCUT2D eigenvalue weighted by atomic mass is 79.9. The maximum absolute atomic E-state index is 9.20. The van der Waals surface area contributed by atoms with Gasteiger partial charge in [0.25, 0.3) is 0 Å². The van der Waals surface area contributed by atoms with Crippen molar-refractivity contribution in [1.82, 2.24) is 30.6 Å². The molecule has 2 N–H and O–H groups in total. The molecule has 0 radical (unpaired) electrons. The largest absolute Gasteiger partial charge is 0.359 e. The van der Waals surface area contributed by atoms with Crippen molar-refractivity contribution in [2.24, 2.45) is 0 Å². The lowest BCUT2D eigenvalue weighted by atomic mass is 10.3. The first-order valence-corrected chi connectivity index (χ1v) is 8.22. The van der Waals surface area contributed by atoms with Gasteiger partial charge >= 0.3 is 0 Å². The number of benzene rings is 1. The van der Waals surface area contributed by atoms with E-state index in [0.29, 0.717) is 5.16 Å². The van der Waals surface area contributed by atoms with Crippen molar-refractivity contribution in [2.45, 2.75) is 10.1 Å². The highest BCUT2D eigenvalue weighted by molar-refractivity contribution is 9.10. The fraction of sp³-hybridized carbons (Fsp3) is 0. The Kier molecular flexibility index (Phi) is 5.15. The molecular formula is C14H9BrN8S. The summed E-state index contributed by atoms with van der Waals surface area (Å²) in [6.07, 6.45) is 4.91. The fourth-order valence-corrected chi connectivity index (χ4v) is 2.69. The van der Waals surface area contributed by atoms with Crippen LogP contribution in [0.3, 0.4) is 0 Å². The molecule has 8 nitrogen and oxygen atoms in total. The molecule has 0 fully saturated rings. The molecule has 0 atom stereocenters. The van der Waals surface area contributed by atoms with Gasteiger partial charge in [0.2, 0.25) is 5.82 Å². The van der Waals surface area contributed by atoms with Crippen LogP contribution in [0, 0.1) is 11.3 Å². The van der Waals surface area contributed by atoms with E-state index in [1.165, 1.54) is 18.0 Å². The maximum atomic E-state index is 9.20. The minimum atomic E-state index is 0.228. The van der Waals surface area contributed by atoms with Crippen molar-refractivity contribution in [1.29, 1.82) is 5.26 Å². The number of allylic oxidation sites excluding steroid dienone is 1. The number of tetrazole rings is 1. The first-order valence-electron chi connectivity index (χ1n) is 6.61. The van der Waals surface area contributed by atoms with Gasteiger partial charge in [-0.25, -0.2) is 9.97 Å². The summed E-state index contributed by atoms with van der Waals surface area (Å²) < 4.78 is 0.819. The second-order valence-corrected chi connectivity index (χ2v) is 6.26. The second kappa shape index (κ2) is 7.67. The van der Waals surface area contributed by atoms with E-state index in [4.69, 9.17) is 0 Å². The van der Waals surface area contributed by atoms with Crippen LogP contribution >= 0.6 is 27.7 Å². The normalized spacial score (nSPS) is 11.1. The van der Waals surface area contributed by atoms with Crippen LogP contribution in [-0.2, 0) is 0 Å². The van der Waals surface area contributed by atoms with Crippen molar-refractivity contribution in [3.05, 3.63) is 53.2 Å². The van der Waals surface area contributed by atoms with Crippen molar-refractivity contribution in [2.75, 3.05) is 5.32 Å². The summed E-state index contributed by atoms with van der Waals surface area (Å²) in [6.45, 7) is 0. The molecule has 3 aromatic rings. The van der Waals surface area contributed by atoms with Crippen LogP contribution in [0.15, 0.2) is 57.4 Å². The van der Waals surface area contributed by atoms with Gasteiger partial charge in [0.05, 0.1) is 10.2 Å². The molecule has 0 saturated heterocycles. The molecular weight excluding hydrogens is 392 g/mol. The zero-order valence-electron chi connectivity index (χ0n) is 12.0. The van der Waals surface area contributed by atoms with Gasteiger partial charge in [0, 0.05) is 23.5 Å². The molecule has 118 valence electrons. The van der Waals surface area contributed by atoms with Crippen LogP contribution in [-0.4, -0.2) is 30.6 Å². The predicted molar refractivity (Wildman–Crippen MR) is 91.7 cm³/mol. The average molecular weight is 401 g/mol. The number of H-pyrrole nitrogens is 1. The Balaban J connectivity index is 1.82. The van der Waals surface area contributed by atoms with Crippen LogP contribution in [0.5, 0.6) is 0 Å². The Morgan fingerprint density at radius 2 is 2.08 bits per heavy atom. The first kappa shape index (κ1) is 16.1. The molecule has 1 aromatic carbocycles. The van der Waals surface area contributed by atoms with Gasteiger partial charge < -0.3 is 5.32 Å². The van der Waals surface area contributed by atoms with Gasteiger partial charge in [-0.3, -0.25) is 0 Å². The van der Waals surface area contributed by atoms with Crippen molar-refractivity contribution in [3.63, 3.8) is 0 Å². The van der Waals surface area contributed by atoms with Crippen molar-refractivity contribution >= 4 is 39.0 Å². The fourth-order valence-electron chi connectivity index (χ4n) is 1.70. The van der Waals surface area contributed by atoms with E-state index in [1.807, 2.05) is 30.3 Å². The van der Waals surface area contributed by atoms with E-state index in [0.717, 1.165) is 15.1 Å². The predicted octanol–water partition coefficient (Wildman–Crippen LogP) is 2.88. The molecule has 2 heterocycles. The van der Waals surface area contributed by atoms with Crippen LogP contribution in [0.25, 0.3) is 5.57 Å². The number of aromatic amines is 1. The number of para-hydroxylation sites is 1. The number of aromatic nitrogens is 6.